The van der Waals surface area contributed by atoms with Gasteiger partial charge in [-0.25, -0.2) is 0 Å². The van der Waals surface area contributed by atoms with Gasteiger partial charge in [0.15, 0.2) is 0 Å². The molecule has 0 heterocycles. The second-order valence-electron chi connectivity index (χ2n) is 3.12. The minimum atomic E-state index is 0.490. The second-order valence-corrected chi connectivity index (χ2v) is 3.12. The Kier molecular flexibility index (Phi) is 3.11. The van der Waals surface area contributed by atoms with Crippen molar-refractivity contribution in [1.82, 2.24) is 0 Å². The summed E-state index contributed by atoms with van der Waals surface area (Å²) < 4.78 is 0. The highest BCUT2D eigenvalue weighted by molar-refractivity contribution is 5.52. The number of hydrogen-bond acceptors (Lipinski definition) is 2. The van der Waals surface area contributed by atoms with Crippen LogP contribution < -0.4 is 11.1 Å². The monoisotopic (exact) mass is 164 g/mol. The number of anilines is 1. The minimum absolute atomic E-state index is 0.490. The molecule has 0 spiro atoms. The molecular weight excluding hydrogens is 148 g/mol. The Balaban J connectivity index is 2.92. The van der Waals surface area contributed by atoms with Crippen molar-refractivity contribution in [2.24, 2.45) is 5.73 Å². The lowest BCUT2D eigenvalue weighted by atomic mass is 10.0. The number of para-hydroxylation sites is 1. The number of rotatable bonds is 3. The van der Waals surface area contributed by atoms with Crippen LogP contribution in [0.25, 0.3) is 0 Å². The molecule has 0 saturated heterocycles. The fraction of sp³-hybridized carbons (Fsp3) is 0.400. The van der Waals surface area contributed by atoms with Crippen molar-refractivity contribution < 1.29 is 0 Å². The van der Waals surface area contributed by atoms with Crippen LogP contribution in [0.3, 0.4) is 0 Å². The zero-order valence-corrected chi connectivity index (χ0v) is 7.67. The highest BCUT2D eigenvalue weighted by Crippen LogP contribution is 2.22. The average Bonchev–Trinajstić information content (AvgIpc) is 2.05. The Bertz CT molecular complexity index is 243. The molecule has 66 valence electrons. The van der Waals surface area contributed by atoms with Crippen molar-refractivity contribution >= 4 is 5.69 Å². The molecule has 0 amide bonds. The summed E-state index contributed by atoms with van der Waals surface area (Å²) in [6, 6.07) is 8.26. The lowest BCUT2D eigenvalue weighted by molar-refractivity contribution is 0.866. The first-order valence-electron chi connectivity index (χ1n) is 4.28. The van der Waals surface area contributed by atoms with Crippen molar-refractivity contribution in [2.75, 3.05) is 12.0 Å². The normalized spacial score (nSPS) is 10.3. The van der Waals surface area contributed by atoms with Gasteiger partial charge in [0.2, 0.25) is 0 Å². The van der Waals surface area contributed by atoms with E-state index >= 15 is 0 Å². The molecule has 0 fully saturated rings. The van der Waals surface area contributed by atoms with Gasteiger partial charge < -0.3 is 11.1 Å². The quantitative estimate of drug-likeness (QED) is 0.672. The van der Waals surface area contributed by atoms with Crippen molar-refractivity contribution in [3.63, 3.8) is 0 Å². The van der Waals surface area contributed by atoms with Gasteiger partial charge in [-0.05, 0) is 17.5 Å². The zero-order chi connectivity index (χ0) is 8.97. The van der Waals surface area contributed by atoms with Crippen molar-refractivity contribution in [3.05, 3.63) is 29.8 Å². The van der Waals surface area contributed by atoms with E-state index < -0.39 is 0 Å². The Morgan fingerprint density at radius 1 is 1.33 bits per heavy atom. The smallest absolute Gasteiger partial charge is 0.0628 e. The molecule has 0 radical (unpaired) electrons. The van der Waals surface area contributed by atoms with Crippen LogP contribution in [0.4, 0.5) is 5.69 Å². The van der Waals surface area contributed by atoms with E-state index in [4.69, 9.17) is 5.73 Å². The van der Waals surface area contributed by atoms with Gasteiger partial charge in [0.05, 0.1) is 6.67 Å². The van der Waals surface area contributed by atoms with E-state index in [1.54, 1.807) is 0 Å². The predicted octanol–water partition coefficient (Wildman–Crippen LogP) is 2.14. The van der Waals surface area contributed by atoms with Gasteiger partial charge in [-0.3, -0.25) is 0 Å². The number of nitrogens with one attached hydrogen (secondary N) is 1. The Hall–Kier alpha value is -1.02. The van der Waals surface area contributed by atoms with E-state index in [9.17, 15) is 0 Å². The molecule has 0 unspecified atom stereocenters. The molecule has 3 N–H and O–H groups in total. The standard InChI is InChI=1S/C10H16N2/c1-8(2)9-5-3-4-6-10(9)12-7-11/h3-6,8,12H,7,11H2,1-2H3. The van der Waals surface area contributed by atoms with Gasteiger partial charge in [0.1, 0.15) is 0 Å². The van der Waals surface area contributed by atoms with Crippen molar-refractivity contribution in [2.45, 2.75) is 19.8 Å². The highest BCUT2D eigenvalue weighted by atomic mass is 15.0. The van der Waals surface area contributed by atoms with Gasteiger partial charge >= 0.3 is 0 Å². The lowest BCUT2D eigenvalue weighted by Crippen LogP contribution is -2.12. The van der Waals surface area contributed by atoms with Crippen molar-refractivity contribution in [3.8, 4) is 0 Å². The number of hydrogen-bond donors (Lipinski definition) is 2. The van der Waals surface area contributed by atoms with Crippen LogP contribution in [0.5, 0.6) is 0 Å². The van der Waals surface area contributed by atoms with Gasteiger partial charge in [-0.1, -0.05) is 32.0 Å². The van der Waals surface area contributed by atoms with E-state index in [1.807, 2.05) is 6.07 Å². The summed E-state index contributed by atoms with van der Waals surface area (Å²) in [6.07, 6.45) is 0. The van der Waals surface area contributed by atoms with Crippen LogP contribution in [-0.4, -0.2) is 6.67 Å². The third kappa shape index (κ3) is 1.98. The summed E-state index contributed by atoms with van der Waals surface area (Å²) in [5.41, 5.74) is 7.89. The van der Waals surface area contributed by atoms with Crippen molar-refractivity contribution in [1.29, 1.82) is 0 Å². The van der Waals surface area contributed by atoms with Crippen LogP contribution in [0.15, 0.2) is 24.3 Å². The first-order chi connectivity index (χ1) is 5.75. The molecule has 12 heavy (non-hydrogen) atoms. The molecule has 2 nitrogen and oxygen atoms in total. The van der Waals surface area contributed by atoms with Gasteiger partial charge in [-0.2, -0.15) is 0 Å². The molecular formula is C10H16N2. The molecule has 0 aliphatic heterocycles. The number of nitrogens with two attached hydrogens (primary N) is 1. The van der Waals surface area contributed by atoms with Gasteiger partial charge in [0, 0.05) is 5.69 Å². The summed E-state index contributed by atoms with van der Waals surface area (Å²) in [7, 11) is 0. The molecule has 0 aliphatic carbocycles. The van der Waals surface area contributed by atoms with Gasteiger partial charge in [-0.15, -0.1) is 0 Å². The van der Waals surface area contributed by atoms with E-state index in [0.29, 0.717) is 12.6 Å². The van der Waals surface area contributed by atoms with Crippen LogP contribution in [0.1, 0.15) is 25.3 Å². The van der Waals surface area contributed by atoms with E-state index in [1.165, 1.54) is 5.56 Å². The predicted molar refractivity (Wildman–Crippen MR) is 53.2 cm³/mol. The van der Waals surface area contributed by atoms with E-state index in [0.717, 1.165) is 5.69 Å². The molecule has 2 heteroatoms. The first-order valence-corrected chi connectivity index (χ1v) is 4.28. The van der Waals surface area contributed by atoms with E-state index in [2.05, 4.69) is 37.4 Å². The van der Waals surface area contributed by atoms with Crippen LogP contribution in [-0.2, 0) is 0 Å². The molecule has 0 aromatic heterocycles. The summed E-state index contributed by atoms with van der Waals surface area (Å²) >= 11 is 0. The van der Waals surface area contributed by atoms with Crippen LogP contribution in [0, 0.1) is 0 Å². The molecule has 1 rings (SSSR count). The Morgan fingerprint density at radius 2 is 2.00 bits per heavy atom. The Morgan fingerprint density at radius 3 is 2.58 bits per heavy atom. The lowest BCUT2D eigenvalue weighted by Gasteiger charge is -2.12. The maximum Gasteiger partial charge on any atom is 0.0628 e. The fourth-order valence-corrected chi connectivity index (χ4v) is 1.27. The summed E-state index contributed by atoms with van der Waals surface area (Å²) in [5, 5.41) is 3.14. The SMILES string of the molecule is CC(C)c1ccccc1NCN. The van der Waals surface area contributed by atoms with E-state index in [-0.39, 0.29) is 0 Å². The molecule has 0 saturated carbocycles. The summed E-state index contributed by atoms with van der Waals surface area (Å²) in [5.74, 6) is 0.542. The summed E-state index contributed by atoms with van der Waals surface area (Å²) in [4.78, 5) is 0. The maximum atomic E-state index is 5.42. The van der Waals surface area contributed by atoms with Crippen LogP contribution >= 0.6 is 0 Å². The first kappa shape index (κ1) is 9.07. The van der Waals surface area contributed by atoms with Crippen LogP contribution in [0.2, 0.25) is 0 Å². The van der Waals surface area contributed by atoms with Gasteiger partial charge in [0.25, 0.3) is 0 Å². The second kappa shape index (κ2) is 4.12. The molecule has 0 bridgehead atoms. The fourth-order valence-electron chi connectivity index (χ4n) is 1.27. The largest absolute Gasteiger partial charge is 0.372 e. The zero-order valence-electron chi connectivity index (χ0n) is 7.67. The molecule has 0 atom stereocenters. The minimum Gasteiger partial charge on any atom is -0.372 e. The summed E-state index contributed by atoms with van der Waals surface area (Å²) in [6.45, 7) is 4.85. The Labute approximate surface area is 73.8 Å². The molecule has 0 aliphatic rings. The average molecular weight is 164 g/mol. The number of benzene rings is 1. The third-order valence-electron chi connectivity index (χ3n) is 1.88. The highest BCUT2D eigenvalue weighted by Gasteiger charge is 2.03. The maximum absolute atomic E-state index is 5.42. The molecule has 1 aromatic carbocycles. The third-order valence-corrected chi connectivity index (χ3v) is 1.88. The topological polar surface area (TPSA) is 38.0 Å². The molecule has 1 aromatic rings.